The molecule has 1 aromatic carbocycles. The summed E-state index contributed by atoms with van der Waals surface area (Å²) < 4.78 is 5.89. The molecule has 1 saturated heterocycles. The third kappa shape index (κ3) is 2.96. The zero-order chi connectivity index (χ0) is 15.0. The van der Waals surface area contributed by atoms with Crippen LogP contribution in [0.4, 0.5) is 0 Å². The van der Waals surface area contributed by atoms with Crippen LogP contribution < -0.4 is 0 Å². The summed E-state index contributed by atoms with van der Waals surface area (Å²) in [6.45, 7) is 6.33. The Labute approximate surface area is 130 Å². The lowest BCUT2D eigenvalue weighted by molar-refractivity contribution is 0.00111. The largest absolute Gasteiger partial charge is 0.458 e. The number of halogens is 1. The molecule has 0 bridgehead atoms. The Hall–Kier alpha value is -1.03. The SMILES string of the molecule is CC(C)N1CCCC(O)(c2cc3cc(Cl)ccc3o2)CC1. The molecule has 21 heavy (non-hydrogen) atoms. The first-order valence-corrected chi connectivity index (χ1v) is 8.02. The molecule has 3 nitrogen and oxygen atoms in total. The summed E-state index contributed by atoms with van der Waals surface area (Å²) in [5.74, 6) is 0.672. The quantitative estimate of drug-likeness (QED) is 0.904. The molecule has 3 rings (SSSR count). The molecule has 1 fully saturated rings. The van der Waals surface area contributed by atoms with Crippen molar-refractivity contribution in [2.45, 2.75) is 44.8 Å². The molecule has 1 N–H and O–H groups in total. The van der Waals surface area contributed by atoms with Crippen molar-refractivity contribution in [1.82, 2.24) is 4.90 Å². The zero-order valence-corrected chi connectivity index (χ0v) is 13.4. The van der Waals surface area contributed by atoms with E-state index < -0.39 is 5.60 Å². The van der Waals surface area contributed by atoms with Gasteiger partial charge in [-0.05, 0) is 63.9 Å². The highest BCUT2D eigenvalue weighted by atomic mass is 35.5. The lowest BCUT2D eigenvalue weighted by atomic mass is 9.92. The molecule has 1 aliphatic rings. The molecule has 2 aromatic rings. The molecule has 4 heteroatoms. The average molecular weight is 308 g/mol. The van der Waals surface area contributed by atoms with Gasteiger partial charge < -0.3 is 14.4 Å². The zero-order valence-electron chi connectivity index (χ0n) is 12.6. The second kappa shape index (κ2) is 5.64. The highest BCUT2D eigenvalue weighted by Gasteiger charge is 2.35. The fourth-order valence-electron chi connectivity index (χ4n) is 3.15. The van der Waals surface area contributed by atoms with Crippen LogP contribution in [-0.2, 0) is 5.60 Å². The predicted molar refractivity (Wildman–Crippen MR) is 85.7 cm³/mol. The summed E-state index contributed by atoms with van der Waals surface area (Å²) in [6.07, 6.45) is 2.43. The van der Waals surface area contributed by atoms with E-state index in [1.54, 1.807) is 0 Å². The standard InChI is InChI=1S/C17H22ClNO2/c1-12(2)19-8-3-6-17(20,7-9-19)16-11-13-10-14(18)4-5-15(13)21-16/h4-5,10-12,20H,3,6-9H2,1-2H3. The van der Waals surface area contributed by atoms with Crippen molar-refractivity contribution in [2.24, 2.45) is 0 Å². The predicted octanol–water partition coefficient (Wildman–Crippen LogP) is 4.17. The Morgan fingerprint density at radius 1 is 1.24 bits per heavy atom. The number of likely N-dealkylation sites (tertiary alicyclic amines) is 1. The van der Waals surface area contributed by atoms with Gasteiger partial charge in [0.2, 0.25) is 0 Å². The van der Waals surface area contributed by atoms with Gasteiger partial charge >= 0.3 is 0 Å². The van der Waals surface area contributed by atoms with Crippen LogP contribution in [0, 0.1) is 0 Å². The summed E-state index contributed by atoms with van der Waals surface area (Å²) in [5.41, 5.74) is -0.0809. The first-order valence-electron chi connectivity index (χ1n) is 7.64. The molecule has 0 aliphatic carbocycles. The van der Waals surface area contributed by atoms with Gasteiger partial charge in [0, 0.05) is 23.0 Å². The van der Waals surface area contributed by atoms with E-state index in [0.717, 1.165) is 36.9 Å². The number of rotatable bonds is 2. The van der Waals surface area contributed by atoms with Gasteiger partial charge in [-0.25, -0.2) is 0 Å². The molecule has 0 spiro atoms. The summed E-state index contributed by atoms with van der Waals surface area (Å²) in [6, 6.07) is 8.01. The van der Waals surface area contributed by atoms with Gasteiger partial charge in [-0.2, -0.15) is 0 Å². The van der Waals surface area contributed by atoms with Crippen molar-refractivity contribution in [3.05, 3.63) is 35.0 Å². The molecule has 0 radical (unpaired) electrons. The smallest absolute Gasteiger partial charge is 0.136 e. The van der Waals surface area contributed by atoms with Crippen molar-refractivity contribution in [3.63, 3.8) is 0 Å². The minimum absolute atomic E-state index is 0.516. The number of furan rings is 1. The van der Waals surface area contributed by atoms with E-state index in [-0.39, 0.29) is 0 Å². The van der Waals surface area contributed by atoms with E-state index in [2.05, 4.69) is 18.7 Å². The van der Waals surface area contributed by atoms with Crippen LogP contribution >= 0.6 is 11.6 Å². The van der Waals surface area contributed by atoms with Crippen LogP contribution in [0.2, 0.25) is 5.02 Å². The van der Waals surface area contributed by atoms with Gasteiger partial charge in [-0.1, -0.05) is 11.6 Å². The third-order valence-electron chi connectivity index (χ3n) is 4.52. The molecule has 1 aromatic heterocycles. The Bertz CT molecular complexity index is 637. The van der Waals surface area contributed by atoms with Crippen LogP contribution in [0.1, 0.15) is 38.9 Å². The van der Waals surface area contributed by atoms with Gasteiger partial charge in [-0.15, -0.1) is 0 Å². The molecule has 114 valence electrons. The highest BCUT2D eigenvalue weighted by Crippen LogP contribution is 2.36. The Kier molecular flexibility index (Phi) is 4.00. The summed E-state index contributed by atoms with van der Waals surface area (Å²) >= 11 is 6.02. The molecular weight excluding hydrogens is 286 g/mol. The average Bonchev–Trinajstić information content (AvgIpc) is 2.75. The molecule has 2 heterocycles. The summed E-state index contributed by atoms with van der Waals surface area (Å²) in [5, 5.41) is 12.7. The van der Waals surface area contributed by atoms with Crippen molar-refractivity contribution >= 4 is 22.6 Å². The van der Waals surface area contributed by atoms with E-state index in [0.29, 0.717) is 23.2 Å². The van der Waals surface area contributed by atoms with Crippen molar-refractivity contribution in [3.8, 4) is 0 Å². The second-order valence-corrected chi connectivity index (χ2v) is 6.74. The van der Waals surface area contributed by atoms with E-state index in [4.69, 9.17) is 16.0 Å². The molecular formula is C17H22ClNO2. The third-order valence-corrected chi connectivity index (χ3v) is 4.75. The number of benzene rings is 1. The minimum Gasteiger partial charge on any atom is -0.458 e. The summed E-state index contributed by atoms with van der Waals surface area (Å²) in [4.78, 5) is 2.41. The molecule has 1 aliphatic heterocycles. The highest BCUT2D eigenvalue weighted by molar-refractivity contribution is 6.31. The number of nitrogens with zero attached hydrogens (tertiary/aromatic N) is 1. The maximum absolute atomic E-state index is 11.0. The van der Waals surface area contributed by atoms with Crippen LogP contribution in [0.15, 0.2) is 28.7 Å². The normalized spacial score (nSPS) is 24.6. The fourth-order valence-corrected chi connectivity index (χ4v) is 3.33. The van der Waals surface area contributed by atoms with E-state index in [9.17, 15) is 5.11 Å². The minimum atomic E-state index is -0.866. The second-order valence-electron chi connectivity index (χ2n) is 6.31. The van der Waals surface area contributed by atoms with Gasteiger partial charge in [-0.3, -0.25) is 0 Å². The van der Waals surface area contributed by atoms with E-state index in [1.807, 2.05) is 24.3 Å². The van der Waals surface area contributed by atoms with Crippen molar-refractivity contribution < 1.29 is 9.52 Å². The Balaban J connectivity index is 1.89. The van der Waals surface area contributed by atoms with E-state index >= 15 is 0 Å². The van der Waals surface area contributed by atoms with Gasteiger partial charge in [0.05, 0.1) is 0 Å². The van der Waals surface area contributed by atoms with Crippen molar-refractivity contribution in [2.75, 3.05) is 13.1 Å². The lowest BCUT2D eigenvalue weighted by Gasteiger charge is -2.26. The number of aliphatic hydroxyl groups is 1. The number of hydrogen-bond donors (Lipinski definition) is 1. The monoisotopic (exact) mass is 307 g/mol. The van der Waals surface area contributed by atoms with Gasteiger partial charge in [0.15, 0.2) is 0 Å². The lowest BCUT2D eigenvalue weighted by Crippen LogP contribution is -2.33. The Morgan fingerprint density at radius 2 is 2.05 bits per heavy atom. The number of fused-ring (bicyclic) bond motifs is 1. The van der Waals surface area contributed by atoms with Gasteiger partial charge in [0.25, 0.3) is 0 Å². The first kappa shape index (κ1) is 14.9. The summed E-state index contributed by atoms with van der Waals surface area (Å²) in [7, 11) is 0. The molecule has 1 unspecified atom stereocenters. The topological polar surface area (TPSA) is 36.6 Å². The van der Waals surface area contributed by atoms with Crippen LogP contribution in [0.25, 0.3) is 11.0 Å². The maximum Gasteiger partial charge on any atom is 0.136 e. The molecule has 0 saturated carbocycles. The maximum atomic E-state index is 11.0. The molecule has 0 amide bonds. The van der Waals surface area contributed by atoms with Crippen molar-refractivity contribution in [1.29, 1.82) is 0 Å². The first-order chi connectivity index (χ1) is 9.98. The Morgan fingerprint density at radius 3 is 2.81 bits per heavy atom. The van der Waals surface area contributed by atoms with Crippen LogP contribution in [0.5, 0.6) is 0 Å². The molecule has 1 atom stereocenters. The van der Waals surface area contributed by atoms with E-state index in [1.165, 1.54) is 0 Å². The number of hydrogen-bond acceptors (Lipinski definition) is 3. The van der Waals surface area contributed by atoms with Crippen LogP contribution in [0.3, 0.4) is 0 Å². The fraction of sp³-hybridized carbons (Fsp3) is 0.529. The van der Waals surface area contributed by atoms with Gasteiger partial charge in [0.1, 0.15) is 16.9 Å². The van der Waals surface area contributed by atoms with Crippen LogP contribution in [-0.4, -0.2) is 29.1 Å².